The van der Waals surface area contributed by atoms with Crippen LogP contribution in [0.2, 0.25) is 0 Å². The Bertz CT molecular complexity index is 542. The van der Waals surface area contributed by atoms with Gasteiger partial charge in [-0.2, -0.15) is 0 Å². The maximum absolute atomic E-state index is 11.5. The van der Waals surface area contributed by atoms with Crippen molar-refractivity contribution < 1.29 is 19.1 Å². The fraction of sp³-hybridized carbons (Fsp3) is 0.250. The maximum Gasteiger partial charge on any atom is 0.319 e. The molecule has 3 N–H and O–H groups in total. The van der Waals surface area contributed by atoms with Gasteiger partial charge in [-0.3, -0.25) is 14.9 Å². The second-order valence-corrected chi connectivity index (χ2v) is 3.92. The number of anilines is 1. The summed E-state index contributed by atoms with van der Waals surface area (Å²) in [5, 5.41) is 7.33. The lowest BCUT2D eigenvalue weighted by Crippen LogP contribution is -2.31. The predicted molar refractivity (Wildman–Crippen MR) is 67.1 cm³/mol. The van der Waals surface area contributed by atoms with E-state index < -0.39 is 17.8 Å². The molecule has 19 heavy (non-hydrogen) atoms. The number of benzene rings is 1. The molecule has 0 bridgehead atoms. The second-order valence-electron chi connectivity index (χ2n) is 3.92. The zero-order valence-corrected chi connectivity index (χ0v) is 10.3. The number of carbonyl (C=O) groups excluding carboxylic acids is 3. The van der Waals surface area contributed by atoms with E-state index in [1.165, 1.54) is 19.2 Å². The first-order chi connectivity index (χ1) is 9.11. The molecular weight excluding hydrogens is 250 g/mol. The van der Waals surface area contributed by atoms with Crippen LogP contribution in [0.3, 0.4) is 0 Å². The van der Waals surface area contributed by atoms with Crippen molar-refractivity contribution in [1.29, 1.82) is 0 Å². The van der Waals surface area contributed by atoms with Crippen molar-refractivity contribution in [2.75, 3.05) is 25.6 Å². The highest BCUT2D eigenvalue weighted by molar-refractivity contribution is 6.21. The molecule has 0 saturated carbocycles. The van der Waals surface area contributed by atoms with Crippen LogP contribution in [-0.2, 0) is 4.74 Å². The van der Waals surface area contributed by atoms with E-state index in [9.17, 15) is 14.4 Å². The fourth-order valence-corrected chi connectivity index (χ4v) is 1.69. The molecule has 1 aromatic rings. The number of ether oxygens (including phenoxy) is 1. The standard InChI is InChI=1S/C12H13N3O4/c1-19-5-4-13-12(18)14-7-2-3-8-9(6-7)11(17)15-10(8)16/h2-3,6H,4-5H2,1H3,(H2,13,14,18)(H,15,16,17). The first-order valence-corrected chi connectivity index (χ1v) is 5.65. The summed E-state index contributed by atoms with van der Waals surface area (Å²) in [4.78, 5) is 34.3. The zero-order chi connectivity index (χ0) is 13.8. The summed E-state index contributed by atoms with van der Waals surface area (Å²) in [6, 6.07) is 4.13. The summed E-state index contributed by atoms with van der Waals surface area (Å²) in [6.45, 7) is 0.792. The topological polar surface area (TPSA) is 96.5 Å². The van der Waals surface area contributed by atoms with Gasteiger partial charge in [0.15, 0.2) is 0 Å². The Morgan fingerprint density at radius 2 is 2.00 bits per heavy atom. The van der Waals surface area contributed by atoms with Gasteiger partial charge in [0.25, 0.3) is 11.8 Å². The molecule has 0 radical (unpaired) electrons. The van der Waals surface area contributed by atoms with Crippen molar-refractivity contribution in [1.82, 2.24) is 10.6 Å². The maximum atomic E-state index is 11.5. The van der Waals surface area contributed by atoms with Crippen LogP contribution in [0, 0.1) is 0 Å². The Hall–Kier alpha value is -2.41. The normalized spacial score (nSPS) is 12.9. The van der Waals surface area contributed by atoms with E-state index in [1.807, 2.05) is 0 Å². The van der Waals surface area contributed by atoms with E-state index >= 15 is 0 Å². The zero-order valence-electron chi connectivity index (χ0n) is 10.3. The summed E-state index contributed by atoms with van der Waals surface area (Å²) in [5.74, 6) is -0.875. The lowest BCUT2D eigenvalue weighted by Gasteiger charge is -2.07. The van der Waals surface area contributed by atoms with Gasteiger partial charge < -0.3 is 15.4 Å². The van der Waals surface area contributed by atoms with Crippen LogP contribution in [0.5, 0.6) is 0 Å². The van der Waals surface area contributed by atoms with Crippen LogP contribution in [0.25, 0.3) is 0 Å². The lowest BCUT2D eigenvalue weighted by molar-refractivity contribution is 0.0879. The van der Waals surface area contributed by atoms with Crippen LogP contribution in [0.15, 0.2) is 18.2 Å². The molecular formula is C12H13N3O4. The van der Waals surface area contributed by atoms with Crippen molar-refractivity contribution in [3.8, 4) is 0 Å². The number of hydrogen-bond acceptors (Lipinski definition) is 4. The van der Waals surface area contributed by atoms with Crippen molar-refractivity contribution in [2.24, 2.45) is 0 Å². The van der Waals surface area contributed by atoms with Gasteiger partial charge in [-0.05, 0) is 18.2 Å². The third-order valence-electron chi connectivity index (χ3n) is 2.59. The van der Waals surface area contributed by atoms with Gasteiger partial charge >= 0.3 is 6.03 Å². The van der Waals surface area contributed by atoms with E-state index in [-0.39, 0.29) is 5.56 Å². The largest absolute Gasteiger partial charge is 0.383 e. The molecule has 1 aliphatic heterocycles. The molecule has 7 nitrogen and oxygen atoms in total. The highest BCUT2D eigenvalue weighted by Gasteiger charge is 2.26. The number of carbonyl (C=O) groups is 3. The third kappa shape index (κ3) is 2.89. The SMILES string of the molecule is COCCNC(=O)Nc1ccc2c(c1)C(=O)NC2=O. The van der Waals surface area contributed by atoms with Gasteiger partial charge in [0.2, 0.25) is 0 Å². The van der Waals surface area contributed by atoms with Gasteiger partial charge in [0, 0.05) is 19.3 Å². The van der Waals surface area contributed by atoms with Crippen molar-refractivity contribution in [2.45, 2.75) is 0 Å². The molecule has 100 valence electrons. The number of urea groups is 1. The summed E-state index contributed by atoms with van der Waals surface area (Å²) < 4.78 is 4.80. The van der Waals surface area contributed by atoms with Gasteiger partial charge in [-0.25, -0.2) is 4.79 Å². The van der Waals surface area contributed by atoms with Crippen LogP contribution in [-0.4, -0.2) is 38.1 Å². The fourth-order valence-electron chi connectivity index (χ4n) is 1.69. The molecule has 0 spiro atoms. The number of nitrogens with one attached hydrogen (secondary N) is 3. The van der Waals surface area contributed by atoms with Crippen molar-refractivity contribution >= 4 is 23.5 Å². The third-order valence-corrected chi connectivity index (χ3v) is 2.59. The molecule has 0 fully saturated rings. The summed E-state index contributed by atoms with van der Waals surface area (Å²) in [7, 11) is 1.54. The molecule has 4 amide bonds. The smallest absolute Gasteiger partial charge is 0.319 e. The first kappa shape index (κ1) is 13.0. The molecule has 0 unspecified atom stereocenters. The Labute approximate surface area is 109 Å². The van der Waals surface area contributed by atoms with Gasteiger partial charge in [0.05, 0.1) is 17.7 Å². The van der Waals surface area contributed by atoms with Crippen LogP contribution in [0.4, 0.5) is 10.5 Å². The lowest BCUT2D eigenvalue weighted by atomic mass is 10.1. The first-order valence-electron chi connectivity index (χ1n) is 5.65. The molecule has 0 saturated heterocycles. The number of rotatable bonds is 4. The molecule has 2 rings (SSSR count). The molecule has 1 aliphatic rings. The quantitative estimate of drug-likeness (QED) is 0.539. The highest BCUT2D eigenvalue weighted by atomic mass is 16.5. The van der Waals surface area contributed by atoms with Crippen LogP contribution < -0.4 is 16.0 Å². The van der Waals surface area contributed by atoms with E-state index in [0.717, 1.165) is 0 Å². The van der Waals surface area contributed by atoms with Crippen LogP contribution in [0.1, 0.15) is 20.7 Å². The van der Waals surface area contributed by atoms with E-state index in [1.54, 1.807) is 6.07 Å². The highest BCUT2D eigenvalue weighted by Crippen LogP contribution is 2.20. The number of amides is 4. The number of imide groups is 1. The molecule has 7 heteroatoms. The minimum absolute atomic E-state index is 0.264. The molecule has 1 heterocycles. The Kier molecular flexibility index (Phi) is 3.76. The number of hydrogen-bond donors (Lipinski definition) is 3. The monoisotopic (exact) mass is 263 g/mol. The van der Waals surface area contributed by atoms with Crippen LogP contribution >= 0.6 is 0 Å². The van der Waals surface area contributed by atoms with E-state index in [4.69, 9.17) is 4.74 Å². The minimum Gasteiger partial charge on any atom is -0.383 e. The number of methoxy groups -OCH3 is 1. The summed E-state index contributed by atoms with van der Waals surface area (Å²) in [6.07, 6.45) is 0. The molecule has 0 aromatic heterocycles. The number of fused-ring (bicyclic) bond motifs is 1. The van der Waals surface area contributed by atoms with E-state index in [0.29, 0.717) is 24.4 Å². The Morgan fingerprint density at radius 1 is 1.26 bits per heavy atom. The second kappa shape index (κ2) is 5.49. The molecule has 0 aliphatic carbocycles. The minimum atomic E-state index is -0.455. The average Bonchev–Trinajstić information content (AvgIpc) is 2.65. The van der Waals surface area contributed by atoms with Crippen molar-refractivity contribution in [3.63, 3.8) is 0 Å². The summed E-state index contributed by atoms with van der Waals surface area (Å²) >= 11 is 0. The molecule has 0 atom stereocenters. The van der Waals surface area contributed by atoms with E-state index in [2.05, 4.69) is 16.0 Å². The van der Waals surface area contributed by atoms with Crippen molar-refractivity contribution in [3.05, 3.63) is 29.3 Å². The predicted octanol–water partition coefficient (Wildman–Crippen LogP) is 0.338. The Morgan fingerprint density at radius 3 is 2.74 bits per heavy atom. The average molecular weight is 263 g/mol. The van der Waals surface area contributed by atoms with Gasteiger partial charge in [0.1, 0.15) is 0 Å². The molecule has 1 aromatic carbocycles. The Balaban J connectivity index is 2.03. The van der Waals surface area contributed by atoms with Gasteiger partial charge in [-0.1, -0.05) is 0 Å². The van der Waals surface area contributed by atoms with Gasteiger partial charge in [-0.15, -0.1) is 0 Å². The summed E-state index contributed by atoms with van der Waals surface area (Å²) in [5.41, 5.74) is 1.02.